The fraction of sp³-hybridized carbons (Fsp3) is 0.562. The number of hydrogen-bond donors (Lipinski definition) is 2. The van der Waals surface area contributed by atoms with E-state index in [9.17, 15) is 4.79 Å². The van der Waals surface area contributed by atoms with Crippen LogP contribution in [0.2, 0.25) is 5.02 Å². The largest absolute Gasteiger partial charge is 0.351 e. The third-order valence-electron chi connectivity index (χ3n) is 4.00. The normalized spacial score (nSPS) is 19.4. The van der Waals surface area contributed by atoms with E-state index in [-0.39, 0.29) is 5.91 Å². The van der Waals surface area contributed by atoms with Crippen LogP contribution in [0.4, 0.5) is 0 Å². The number of hydrogen-bond acceptors (Lipinski definition) is 3. The summed E-state index contributed by atoms with van der Waals surface area (Å²) in [4.78, 5) is 14.4. The molecule has 0 spiro atoms. The molecule has 1 atom stereocenters. The lowest BCUT2D eigenvalue weighted by Gasteiger charge is -2.35. The van der Waals surface area contributed by atoms with Crippen molar-refractivity contribution in [2.45, 2.75) is 38.3 Å². The Morgan fingerprint density at radius 1 is 1.33 bits per heavy atom. The minimum Gasteiger partial charge on any atom is -0.351 e. The summed E-state index contributed by atoms with van der Waals surface area (Å²) < 4.78 is 0. The topological polar surface area (TPSA) is 58.4 Å². The summed E-state index contributed by atoms with van der Waals surface area (Å²) in [5.74, 6) is 0.0777. The Morgan fingerprint density at radius 3 is 2.81 bits per heavy atom. The second-order valence-corrected chi connectivity index (χ2v) is 6.04. The monoisotopic (exact) mass is 309 g/mol. The number of benzene rings is 1. The van der Waals surface area contributed by atoms with Crippen LogP contribution in [0.3, 0.4) is 0 Å². The summed E-state index contributed by atoms with van der Waals surface area (Å²) in [7, 11) is 0. The Balaban J connectivity index is 1.78. The highest BCUT2D eigenvalue weighted by atomic mass is 35.5. The standard InChI is InChI=1S/C16H24ClN3O/c17-14-6-4-13(5-7-14)11-19-16(21)12-20-10-2-1-3-15(20)8-9-18/h4-7,15H,1-3,8-12,18H2,(H,19,21). The van der Waals surface area contributed by atoms with Crippen molar-refractivity contribution >= 4 is 17.5 Å². The van der Waals surface area contributed by atoms with E-state index < -0.39 is 0 Å². The van der Waals surface area contributed by atoms with Gasteiger partial charge in [0.05, 0.1) is 6.54 Å². The summed E-state index contributed by atoms with van der Waals surface area (Å²) in [6.45, 7) is 2.70. The molecule has 1 aromatic rings. The maximum Gasteiger partial charge on any atom is 0.234 e. The van der Waals surface area contributed by atoms with Crippen molar-refractivity contribution in [3.8, 4) is 0 Å². The summed E-state index contributed by atoms with van der Waals surface area (Å²) in [5, 5.41) is 3.68. The second kappa shape index (κ2) is 8.37. The van der Waals surface area contributed by atoms with E-state index in [0.717, 1.165) is 24.9 Å². The zero-order chi connectivity index (χ0) is 15.1. The molecule has 0 radical (unpaired) electrons. The van der Waals surface area contributed by atoms with Gasteiger partial charge in [0.15, 0.2) is 0 Å². The quantitative estimate of drug-likeness (QED) is 0.846. The predicted octanol–water partition coefficient (Wildman–Crippen LogP) is 2.16. The molecule has 2 rings (SSSR count). The van der Waals surface area contributed by atoms with Gasteiger partial charge in [0.25, 0.3) is 0 Å². The minimum atomic E-state index is 0.0777. The first-order valence-corrected chi connectivity index (χ1v) is 8.02. The van der Waals surface area contributed by atoms with E-state index >= 15 is 0 Å². The number of carbonyl (C=O) groups is 1. The first-order valence-electron chi connectivity index (χ1n) is 7.64. The molecule has 1 aromatic carbocycles. The smallest absolute Gasteiger partial charge is 0.234 e. The zero-order valence-corrected chi connectivity index (χ0v) is 13.1. The molecule has 21 heavy (non-hydrogen) atoms. The second-order valence-electron chi connectivity index (χ2n) is 5.60. The van der Waals surface area contributed by atoms with Gasteiger partial charge in [-0.3, -0.25) is 9.69 Å². The number of nitrogens with one attached hydrogen (secondary N) is 1. The molecule has 1 aliphatic rings. The van der Waals surface area contributed by atoms with Crippen molar-refractivity contribution in [2.75, 3.05) is 19.6 Å². The van der Waals surface area contributed by atoms with Crippen molar-refractivity contribution in [3.05, 3.63) is 34.9 Å². The van der Waals surface area contributed by atoms with Crippen molar-refractivity contribution in [1.29, 1.82) is 0 Å². The van der Waals surface area contributed by atoms with Crippen LogP contribution in [0.25, 0.3) is 0 Å². The molecular formula is C16H24ClN3O. The molecule has 1 unspecified atom stereocenters. The summed E-state index contributed by atoms with van der Waals surface area (Å²) in [5.41, 5.74) is 6.72. The summed E-state index contributed by atoms with van der Waals surface area (Å²) >= 11 is 5.84. The third-order valence-corrected chi connectivity index (χ3v) is 4.25. The predicted molar refractivity (Wildman–Crippen MR) is 86.2 cm³/mol. The molecule has 0 aromatic heterocycles. The van der Waals surface area contributed by atoms with Crippen molar-refractivity contribution in [3.63, 3.8) is 0 Å². The number of halogens is 1. The summed E-state index contributed by atoms with van der Waals surface area (Å²) in [6, 6.07) is 8.00. The molecule has 1 aliphatic heterocycles. The first-order chi connectivity index (χ1) is 10.2. The molecule has 3 N–H and O–H groups in total. The molecule has 0 aliphatic carbocycles. The van der Waals surface area contributed by atoms with Crippen LogP contribution >= 0.6 is 11.6 Å². The van der Waals surface area contributed by atoms with Crippen LogP contribution in [0, 0.1) is 0 Å². The van der Waals surface area contributed by atoms with Crippen LogP contribution in [0.5, 0.6) is 0 Å². The highest BCUT2D eigenvalue weighted by Gasteiger charge is 2.23. The molecule has 4 nitrogen and oxygen atoms in total. The molecule has 1 heterocycles. The highest BCUT2D eigenvalue weighted by molar-refractivity contribution is 6.30. The fourth-order valence-electron chi connectivity index (χ4n) is 2.83. The molecule has 1 saturated heterocycles. The Morgan fingerprint density at radius 2 is 2.10 bits per heavy atom. The number of likely N-dealkylation sites (tertiary alicyclic amines) is 1. The van der Waals surface area contributed by atoms with Gasteiger partial charge in [-0.15, -0.1) is 0 Å². The van der Waals surface area contributed by atoms with Crippen LogP contribution in [0.15, 0.2) is 24.3 Å². The Bertz CT molecular complexity index is 447. The number of carbonyl (C=O) groups excluding carboxylic acids is 1. The van der Waals surface area contributed by atoms with E-state index in [1.165, 1.54) is 12.8 Å². The van der Waals surface area contributed by atoms with Gasteiger partial charge in [-0.2, -0.15) is 0 Å². The zero-order valence-electron chi connectivity index (χ0n) is 12.4. The number of rotatable bonds is 6. The first kappa shape index (κ1) is 16.3. The van der Waals surface area contributed by atoms with Crippen molar-refractivity contribution in [1.82, 2.24) is 10.2 Å². The van der Waals surface area contributed by atoms with Crippen molar-refractivity contribution < 1.29 is 4.79 Å². The molecular weight excluding hydrogens is 286 g/mol. The average Bonchev–Trinajstić information content (AvgIpc) is 2.49. The Hall–Kier alpha value is -1.10. The number of amides is 1. The molecule has 0 saturated carbocycles. The van der Waals surface area contributed by atoms with Crippen LogP contribution in [0.1, 0.15) is 31.2 Å². The molecule has 1 amide bonds. The molecule has 116 valence electrons. The van der Waals surface area contributed by atoms with Gasteiger partial charge in [-0.05, 0) is 50.0 Å². The van der Waals surface area contributed by atoms with Gasteiger partial charge in [0, 0.05) is 17.6 Å². The SMILES string of the molecule is NCCC1CCCCN1CC(=O)NCc1ccc(Cl)cc1. The van der Waals surface area contributed by atoms with Gasteiger partial charge < -0.3 is 11.1 Å². The van der Waals surface area contributed by atoms with Gasteiger partial charge in [-0.1, -0.05) is 30.2 Å². The lowest BCUT2D eigenvalue weighted by molar-refractivity contribution is -0.123. The molecule has 5 heteroatoms. The van der Waals surface area contributed by atoms with E-state index in [4.69, 9.17) is 17.3 Å². The van der Waals surface area contributed by atoms with Gasteiger partial charge in [-0.25, -0.2) is 0 Å². The third kappa shape index (κ3) is 5.30. The van der Waals surface area contributed by atoms with Gasteiger partial charge in [0.2, 0.25) is 5.91 Å². The van der Waals surface area contributed by atoms with E-state index in [1.54, 1.807) is 0 Å². The van der Waals surface area contributed by atoms with E-state index in [2.05, 4.69) is 10.2 Å². The van der Waals surface area contributed by atoms with Gasteiger partial charge in [0.1, 0.15) is 0 Å². The number of piperidine rings is 1. The average molecular weight is 310 g/mol. The van der Waals surface area contributed by atoms with E-state index in [0.29, 0.717) is 30.7 Å². The maximum absolute atomic E-state index is 12.1. The number of nitrogens with two attached hydrogens (primary N) is 1. The lowest BCUT2D eigenvalue weighted by atomic mass is 9.99. The Kier molecular flexibility index (Phi) is 6.49. The highest BCUT2D eigenvalue weighted by Crippen LogP contribution is 2.18. The maximum atomic E-state index is 12.1. The fourth-order valence-corrected chi connectivity index (χ4v) is 2.96. The molecule has 0 bridgehead atoms. The molecule has 1 fully saturated rings. The summed E-state index contributed by atoms with van der Waals surface area (Å²) in [6.07, 6.45) is 4.55. The lowest BCUT2D eigenvalue weighted by Crippen LogP contribution is -2.46. The van der Waals surface area contributed by atoms with Gasteiger partial charge >= 0.3 is 0 Å². The minimum absolute atomic E-state index is 0.0777. The van der Waals surface area contributed by atoms with Crippen LogP contribution in [-0.4, -0.2) is 36.5 Å². The van der Waals surface area contributed by atoms with E-state index in [1.807, 2.05) is 24.3 Å². The van der Waals surface area contributed by atoms with Crippen molar-refractivity contribution in [2.24, 2.45) is 5.73 Å². The number of nitrogens with zero attached hydrogens (tertiary/aromatic N) is 1. The van der Waals surface area contributed by atoms with Crippen LogP contribution in [-0.2, 0) is 11.3 Å². The Labute approximate surface area is 131 Å². The van der Waals surface area contributed by atoms with Crippen LogP contribution < -0.4 is 11.1 Å².